The van der Waals surface area contributed by atoms with E-state index in [1.165, 1.54) is 0 Å². The van der Waals surface area contributed by atoms with Crippen molar-refractivity contribution in [2.24, 2.45) is 5.73 Å². The molecule has 2 aromatic heterocycles. The molecule has 0 atom stereocenters. The maximum atomic E-state index is 11.6. The van der Waals surface area contributed by atoms with Crippen LogP contribution in [0, 0.1) is 0 Å². The van der Waals surface area contributed by atoms with Crippen molar-refractivity contribution < 1.29 is 9.53 Å². The van der Waals surface area contributed by atoms with Crippen LogP contribution in [0.3, 0.4) is 0 Å². The predicted octanol–water partition coefficient (Wildman–Crippen LogP) is 4.75. The molecule has 0 fully saturated rings. The van der Waals surface area contributed by atoms with E-state index in [1.54, 1.807) is 42.6 Å². The van der Waals surface area contributed by atoms with E-state index in [4.69, 9.17) is 33.7 Å². The molecule has 4 aromatic rings. The van der Waals surface area contributed by atoms with Gasteiger partial charge in [-0.1, -0.05) is 29.3 Å². The third-order valence-corrected chi connectivity index (χ3v) is 4.71. The molecule has 0 spiro atoms. The molecule has 0 aliphatic carbocycles. The van der Waals surface area contributed by atoms with Crippen LogP contribution in [0.25, 0.3) is 10.9 Å². The maximum absolute atomic E-state index is 11.6. The molecule has 0 aliphatic rings. The highest BCUT2D eigenvalue weighted by Crippen LogP contribution is 2.31. The largest absolute Gasteiger partial charge is 0.486 e. The van der Waals surface area contributed by atoms with Gasteiger partial charge in [0.05, 0.1) is 16.2 Å². The summed E-state index contributed by atoms with van der Waals surface area (Å²) in [4.78, 5) is 24.2. The Labute approximate surface area is 181 Å². The molecule has 30 heavy (non-hydrogen) atoms. The first-order valence-corrected chi connectivity index (χ1v) is 9.61. The van der Waals surface area contributed by atoms with E-state index in [2.05, 4.69) is 20.3 Å². The molecule has 3 N–H and O–H groups in total. The number of benzene rings is 2. The van der Waals surface area contributed by atoms with E-state index in [0.29, 0.717) is 44.8 Å². The van der Waals surface area contributed by atoms with Crippen molar-refractivity contribution in [3.05, 3.63) is 82.4 Å². The summed E-state index contributed by atoms with van der Waals surface area (Å²) in [5, 5.41) is 4.72. The summed E-state index contributed by atoms with van der Waals surface area (Å²) < 4.78 is 5.74. The molecule has 0 saturated carbocycles. The molecule has 0 saturated heterocycles. The van der Waals surface area contributed by atoms with Crippen molar-refractivity contribution >= 4 is 51.5 Å². The SMILES string of the molecule is NC(=O)c1nc(Nc2ccc(OCc3ccccn3)c(Cl)c2)c2ccc(Cl)cc2n1. The number of nitrogens with one attached hydrogen (secondary N) is 1. The number of rotatable bonds is 6. The van der Waals surface area contributed by atoms with Gasteiger partial charge in [-0.25, -0.2) is 9.97 Å². The fourth-order valence-electron chi connectivity index (χ4n) is 2.78. The van der Waals surface area contributed by atoms with Crippen LogP contribution in [0.4, 0.5) is 11.5 Å². The number of carbonyl (C=O) groups excluding carboxylic acids is 1. The number of nitrogens with zero attached hydrogens (tertiary/aromatic N) is 3. The molecule has 9 heteroatoms. The minimum Gasteiger partial charge on any atom is -0.486 e. The Morgan fingerprint density at radius 3 is 2.67 bits per heavy atom. The second-order valence-corrected chi connectivity index (χ2v) is 7.15. The molecule has 1 amide bonds. The van der Waals surface area contributed by atoms with Gasteiger partial charge in [0.1, 0.15) is 18.2 Å². The van der Waals surface area contributed by atoms with Gasteiger partial charge in [0.2, 0.25) is 5.82 Å². The van der Waals surface area contributed by atoms with Crippen LogP contribution in [0.2, 0.25) is 10.0 Å². The molecule has 2 heterocycles. The second kappa shape index (κ2) is 8.52. The minimum absolute atomic E-state index is 0.117. The Hall–Kier alpha value is -3.42. The molecular formula is C21H15Cl2N5O2. The second-order valence-electron chi connectivity index (χ2n) is 6.30. The van der Waals surface area contributed by atoms with E-state index in [1.807, 2.05) is 18.2 Å². The number of hydrogen-bond acceptors (Lipinski definition) is 6. The number of aromatic nitrogens is 3. The molecule has 0 unspecified atom stereocenters. The Bertz CT molecular complexity index is 1230. The lowest BCUT2D eigenvalue weighted by Crippen LogP contribution is -2.16. The van der Waals surface area contributed by atoms with Crippen molar-refractivity contribution in [3.8, 4) is 5.75 Å². The van der Waals surface area contributed by atoms with Crippen LogP contribution in [-0.2, 0) is 6.61 Å². The summed E-state index contributed by atoms with van der Waals surface area (Å²) >= 11 is 12.4. The Morgan fingerprint density at radius 1 is 1.07 bits per heavy atom. The van der Waals surface area contributed by atoms with E-state index < -0.39 is 5.91 Å². The fraction of sp³-hybridized carbons (Fsp3) is 0.0476. The Balaban J connectivity index is 1.60. The summed E-state index contributed by atoms with van der Waals surface area (Å²) in [7, 11) is 0. The average molecular weight is 440 g/mol. The van der Waals surface area contributed by atoms with Crippen LogP contribution in [-0.4, -0.2) is 20.9 Å². The average Bonchev–Trinajstić information content (AvgIpc) is 2.73. The van der Waals surface area contributed by atoms with Gasteiger partial charge >= 0.3 is 0 Å². The summed E-state index contributed by atoms with van der Waals surface area (Å²) in [6, 6.07) is 15.9. The lowest BCUT2D eigenvalue weighted by Gasteiger charge is -2.12. The molecule has 0 radical (unpaired) electrons. The number of fused-ring (bicyclic) bond motifs is 1. The highest BCUT2D eigenvalue weighted by atomic mass is 35.5. The molecule has 150 valence electrons. The number of nitrogens with two attached hydrogens (primary N) is 1. The number of ether oxygens (including phenoxy) is 1. The van der Waals surface area contributed by atoms with Crippen molar-refractivity contribution in [2.75, 3.05) is 5.32 Å². The summed E-state index contributed by atoms with van der Waals surface area (Å²) in [5.74, 6) is 0.0682. The van der Waals surface area contributed by atoms with Gasteiger partial charge in [-0.05, 0) is 48.5 Å². The number of amides is 1. The first kappa shape index (κ1) is 19.9. The monoisotopic (exact) mass is 439 g/mol. The molecule has 0 aliphatic heterocycles. The van der Waals surface area contributed by atoms with Crippen LogP contribution in [0.15, 0.2) is 60.8 Å². The molecular weight excluding hydrogens is 425 g/mol. The molecule has 7 nitrogen and oxygen atoms in total. The van der Waals surface area contributed by atoms with Gasteiger partial charge in [0.25, 0.3) is 5.91 Å². The fourth-order valence-corrected chi connectivity index (χ4v) is 3.18. The summed E-state index contributed by atoms with van der Waals surface area (Å²) in [5.41, 5.74) is 7.30. The number of hydrogen-bond donors (Lipinski definition) is 2. The van der Waals surface area contributed by atoms with E-state index in [0.717, 1.165) is 5.69 Å². The van der Waals surface area contributed by atoms with Crippen LogP contribution in [0.5, 0.6) is 5.75 Å². The van der Waals surface area contributed by atoms with Gasteiger partial charge in [-0.3, -0.25) is 9.78 Å². The quantitative estimate of drug-likeness (QED) is 0.449. The molecule has 0 bridgehead atoms. The highest BCUT2D eigenvalue weighted by molar-refractivity contribution is 6.32. The van der Waals surface area contributed by atoms with Crippen molar-refractivity contribution in [1.29, 1.82) is 0 Å². The number of halogens is 2. The van der Waals surface area contributed by atoms with Gasteiger partial charge in [0, 0.05) is 22.3 Å². The number of anilines is 2. The van der Waals surface area contributed by atoms with E-state index in [-0.39, 0.29) is 5.82 Å². The zero-order valence-corrected chi connectivity index (χ0v) is 17.0. The van der Waals surface area contributed by atoms with E-state index >= 15 is 0 Å². The first-order chi connectivity index (χ1) is 14.5. The number of pyridine rings is 1. The van der Waals surface area contributed by atoms with Gasteiger partial charge in [0.15, 0.2) is 0 Å². The van der Waals surface area contributed by atoms with Gasteiger partial charge < -0.3 is 15.8 Å². The Kier molecular flexibility index (Phi) is 5.65. The lowest BCUT2D eigenvalue weighted by molar-refractivity contribution is 0.0991. The zero-order chi connectivity index (χ0) is 21.1. The summed E-state index contributed by atoms with van der Waals surface area (Å²) in [6.07, 6.45) is 1.70. The standard InChI is InChI=1S/C21H15Cl2N5O2/c22-12-4-6-15-17(9-12)27-21(19(24)29)28-20(15)26-13-5-7-18(16(23)10-13)30-11-14-3-1-2-8-25-14/h1-10H,11H2,(H2,24,29)(H,26,27,28). The van der Waals surface area contributed by atoms with Crippen LogP contribution >= 0.6 is 23.2 Å². The third-order valence-electron chi connectivity index (χ3n) is 4.18. The summed E-state index contributed by atoms with van der Waals surface area (Å²) in [6.45, 7) is 0.298. The smallest absolute Gasteiger partial charge is 0.286 e. The topological polar surface area (TPSA) is 103 Å². The number of carbonyl (C=O) groups is 1. The molecule has 2 aromatic carbocycles. The van der Waals surface area contributed by atoms with Crippen molar-refractivity contribution in [1.82, 2.24) is 15.0 Å². The minimum atomic E-state index is -0.740. The third kappa shape index (κ3) is 4.42. The number of primary amides is 1. The van der Waals surface area contributed by atoms with Crippen LogP contribution < -0.4 is 15.8 Å². The maximum Gasteiger partial charge on any atom is 0.286 e. The normalized spacial score (nSPS) is 10.7. The van der Waals surface area contributed by atoms with Crippen LogP contribution in [0.1, 0.15) is 16.3 Å². The van der Waals surface area contributed by atoms with Crippen molar-refractivity contribution in [3.63, 3.8) is 0 Å². The highest BCUT2D eigenvalue weighted by Gasteiger charge is 2.13. The molecule has 4 rings (SSSR count). The lowest BCUT2D eigenvalue weighted by atomic mass is 10.2. The Morgan fingerprint density at radius 2 is 1.93 bits per heavy atom. The van der Waals surface area contributed by atoms with Gasteiger partial charge in [-0.2, -0.15) is 0 Å². The van der Waals surface area contributed by atoms with Gasteiger partial charge in [-0.15, -0.1) is 0 Å². The zero-order valence-electron chi connectivity index (χ0n) is 15.5. The first-order valence-electron chi connectivity index (χ1n) is 8.86. The predicted molar refractivity (Wildman–Crippen MR) is 116 cm³/mol. The van der Waals surface area contributed by atoms with Crippen molar-refractivity contribution in [2.45, 2.75) is 6.61 Å². The van der Waals surface area contributed by atoms with E-state index in [9.17, 15) is 4.79 Å².